The third-order valence-corrected chi connectivity index (χ3v) is 5.96. The second-order valence-corrected chi connectivity index (χ2v) is 8.19. The Bertz CT molecular complexity index is 657. The van der Waals surface area contributed by atoms with Crippen molar-refractivity contribution >= 4 is 29.9 Å². The van der Waals surface area contributed by atoms with Gasteiger partial charge in [-0.1, -0.05) is 37.8 Å². The van der Waals surface area contributed by atoms with Crippen molar-refractivity contribution in [3.63, 3.8) is 0 Å². The molecule has 2 atom stereocenters. The van der Waals surface area contributed by atoms with Gasteiger partial charge < -0.3 is 16.4 Å². The van der Waals surface area contributed by atoms with Crippen LogP contribution in [0, 0.1) is 11.8 Å². The van der Waals surface area contributed by atoms with E-state index in [0.717, 1.165) is 62.6 Å². The molecule has 150 valence electrons. The lowest BCUT2D eigenvalue weighted by atomic mass is 9.74. The van der Waals surface area contributed by atoms with Gasteiger partial charge in [0.2, 0.25) is 11.8 Å². The topological polar surface area (TPSA) is 84.2 Å². The van der Waals surface area contributed by atoms with Crippen LogP contribution in [-0.2, 0) is 16.1 Å². The predicted molar refractivity (Wildman–Crippen MR) is 111 cm³/mol. The van der Waals surface area contributed by atoms with Crippen molar-refractivity contribution in [2.45, 2.75) is 70.4 Å². The van der Waals surface area contributed by atoms with Crippen molar-refractivity contribution < 1.29 is 9.59 Å². The number of nitrogens with two attached hydrogens (primary N) is 1. The molecule has 0 radical (unpaired) electrons. The predicted octanol–water partition coefficient (Wildman–Crippen LogP) is 3.76. The van der Waals surface area contributed by atoms with Gasteiger partial charge in [0, 0.05) is 23.7 Å². The standard InChI is InChI=1S/C21H31N3O2.ClH/c1-21(22)12-5-4-11-18(21)20(26)23-14-15-7-6-10-17(13-15)24-19(25)16-8-2-3-9-16;/h6-7,10,13,16,18H,2-5,8-9,11-12,14,22H2,1H3,(H,23,26)(H,24,25);1H. The molecule has 0 heterocycles. The van der Waals surface area contributed by atoms with Crippen molar-refractivity contribution in [2.75, 3.05) is 5.32 Å². The summed E-state index contributed by atoms with van der Waals surface area (Å²) in [5, 5.41) is 6.05. The summed E-state index contributed by atoms with van der Waals surface area (Å²) in [4.78, 5) is 24.8. The molecule has 0 aliphatic heterocycles. The Balaban J connectivity index is 0.00000261. The second-order valence-electron chi connectivity index (χ2n) is 8.19. The SMILES string of the molecule is CC1(N)CCCCC1C(=O)NCc1cccc(NC(=O)C2CCCC2)c1.Cl. The van der Waals surface area contributed by atoms with Crippen molar-refractivity contribution in [3.8, 4) is 0 Å². The highest BCUT2D eigenvalue weighted by Crippen LogP contribution is 2.31. The molecule has 2 saturated carbocycles. The average molecular weight is 394 g/mol. The van der Waals surface area contributed by atoms with Crippen LogP contribution in [0.4, 0.5) is 5.69 Å². The smallest absolute Gasteiger partial charge is 0.227 e. The van der Waals surface area contributed by atoms with Crippen molar-refractivity contribution in [2.24, 2.45) is 17.6 Å². The minimum absolute atomic E-state index is 0. The number of hydrogen-bond acceptors (Lipinski definition) is 3. The highest BCUT2D eigenvalue weighted by Gasteiger charge is 2.37. The fraction of sp³-hybridized carbons (Fsp3) is 0.619. The Labute approximate surface area is 168 Å². The van der Waals surface area contributed by atoms with Crippen LogP contribution in [0.3, 0.4) is 0 Å². The van der Waals surface area contributed by atoms with E-state index in [1.165, 1.54) is 0 Å². The molecule has 0 aromatic heterocycles. The molecule has 0 saturated heterocycles. The fourth-order valence-corrected chi connectivity index (χ4v) is 4.29. The molecule has 6 heteroatoms. The summed E-state index contributed by atoms with van der Waals surface area (Å²) in [6, 6.07) is 7.72. The van der Waals surface area contributed by atoms with Gasteiger partial charge in [0.15, 0.2) is 0 Å². The third kappa shape index (κ3) is 5.69. The van der Waals surface area contributed by atoms with Gasteiger partial charge in [-0.25, -0.2) is 0 Å². The summed E-state index contributed by atoms with van der Waals surface area (Å²) in [6.45, 7) is 2.44. The van der Waals surface area contributed by atoms with Crippen LogP contribution in [0.15, 0.2) is 24.3 Å². The molecule has 0 spiro atoms. The van der Waals surface area contributed by atoms with Crippen LogP contribution >= 0.6 is 12.4 Å². The quantitative estimate of drug-likeness (QED) is 0.712. The zero-order chi connectivity index (χ0) is 18.6. The van der Waals surface area contributed by atoms with E-state index in [4.69, 9.17) is 5.73 Å². The number of benzene rings is 1. The monoisotopic (exact) mass is 393 g/mol. The summed E-state index contributed by atoms with van der Waals surface area (Å²) in [7, 11) is 0. The van der Waals surface area contributed by atoms with E-state index >= 15 is 0 Å². The zero-order valence-corrected chi connectivity index (χ0v) is 16.9. The van der Waals surface area contributed by atoms with Crippen LogP contribution in [0.5, 0.6) is 0 Å². The first kappa shape index (κ1) is 21.7. The Morgan fingerprint density at radius 2 is 1.81 bits per heavy atom. The second kappa shape index (κ2) is 9.56. The number of amides is 2. The molecular formula is C21H32ClN3O2. The summed E-state index contributed by atoms with van der Waals surface area (Å²) in [6.07, 6.45) is 8.18. The largest absolute Gasteiger partial charge is 0.352 e. The normalized spacial score (nSPS) is 25.5. The molecule has 2 aliphatic carbocycles. The van der Waals surface area contributed by atoms with E-state index in [1.807, 2.05) is 31.2 Å². The van der Waals surface area contributed by atoms with Crippen LogP contribution in [0.25, 0.3) is 0 Å². The molecule has 27 heavy (non-hydrogen) atoms. The van der Waals surface area contributed by atoms with Crippen LogP contribution < -0.4 is 16.4 Å². The maximum absolute atomic E-state index is 12.6. The molecule has 2 unspecified atom stereocenters. The maximum Gasteiger partial charge on any atom is 0.227 e. The van der Waals surface area contributed by atoms with Gasteiger partial charge in [-0.05, 0) is 50.3 Å². The van der Waals surface area contributed by atoms with E-state index in [9.17, 15) is 9.59 Å². The average Bonchev–Trinajstić information content (AvgIpc) is 3.14. The highest BCUT2D eigenvalue weighted by molar-refractivity contribution is 5.92. The van der Waals surface area contributed by atoms with Crippen molar-refractivity contribution in [1.29, 1.82) is 0 Å². The third-order valence-electron chi connectivity index (χ3n) is 5.96. The van der Waals surface area contributed by atoms with Gasteiger partial charge in [-0.15, -0.1) is 12.4 Å². The number of carbonyl (C=O) groups is 2. The molecular weight excluding hydrogens is 362 g/mol. The van der Waals surface area contributed by atoms with Gasteiger partial charge in [0.05, 0.1) is 5.92 Å². The Morgan fingerprint density at radius 3 is 2.52 bits per heavy atom. The Hall–Kier alpha value is -1.59. The lowest BCUT2D eigenvalue weighted by Crippen LogP contribution is -2.52. The van der Waals surface area contributed by atoms with Gasteiger partial charge in [0.25, 0.3) is 0 Å². The summed E-state index contributed by atoms with van der Waals surface area (Å²) < 4.78 is 0. The molecule has 2 amide bonds. The molecule has 2 aliphatic rings. The molecule has 1 aromatic carbocycles. The lowest BCUT2D eigenvalue weighted by Gasteiger charge is -2.37. The molecule has 3 rings (SSSR count). The first-order chi connectivity index (χ1) is 12.5. The van der Waals surface area contributed by atoms with Gasteiger partial charge in [0.1, 0.15) is 0 Å². The zero-order valence-electron chi connectivity index (χ0n) is 16.1. The van der Waals surface area contributed by atoms with Gasteiger partial charge in [-0.2, -0.15) is 0 Å². The Morgan fingerprint density at radius 1 is 1.11 bits per heavy atom. The maximum atomic E-state index is 12.6. The van der Waals surface area contributed by atoms with Crippen LogP contribution in [0.1, 0.15) is 63.9 Å². The summed E-state index contributed by atoms with van der Waals surface area (Å²) >= 11 is 0. The van der Waals surface area contributed by atoms with E-state index in [2.05, 4.69) is 10.6 Å². The minimum atomic E-state index is -0.417. The van der Waals surface area contributed by atoms with E-state index < -0.39 is 5.54 Å². The molecule has 5 nitrogen and oxygen atoms in total. The first-order valence-electron chi connectivity index (χ1n) is 9.92. The fourth-order valence-electron chi connectivity index (χ4n) is 4.29. The number of rotatable bonds is 5. The highest BCUT2D eigenvalue weighted by atomic mass is 35.5. The summed E-state index contributed by atoms with van der Waals surface area (Å²) in [5.74, 6) is 0.174. The Kier molecular flexibility index (Phi) is 7.68. The van der Waals surface area contributed by atoms with Gasteiger partial charge in [-0.3, -0.25) is 9.59 Å². The lowest BCUT2D eigenvalue weighted by molar-refractivity contribution is -0.128. The minimum Gasteiger partial charge on any atom is -0.352 e. The van der Waals surface area contributed by atoms with E-state index in [-0.39, 0.29) is 36.1 Å². The summed E-state index contributed by atoms with van der Waals surface area (Å²) in [5.41, 5.74) is 7.69. The number of hydrogen-bond donors (Lipinski definition) is 3. The van der Waals surface area contributed by atoms with E-state index in [1.54, 1.807) is 0 Å². The first-order valence-corrected chi connectivity index (χ1v) is 9.92. The number of nitrogens with one attached hydrogen (secondary N) is 2. The van der Waals surface area contributed by atoms with E-state index in [0.29, 0.717) is 6.54 Å². The number of carbonyl (C=O) groups excluding carboxylic acids is 2. The molecule has 0 bridgehead atoms. The van der Waals surface area contributed by atoms with Crippen molar-refractivity contribution in [1.82, 2.24) is 5.32 Å². The molecule has 4 N–H and O–H groups in total. The number of anilines is 1. The number of halogens is 1. The molecule has 1 aromatic rings. The van der Waals surface area contributed by atoms with Crippen LogP contribution in [0.2, 0.25) is 0 Å². The molecule has 2 fully saturated rings. The van der Waals surface area contributed by atoms with Crippen LogP contribution in [-0.4, -0.2) is 17.4 Å². The van der Waals surface area contributed by atoms with Gasteiger partial charge >= 0.3 is 0 Å². The van der Waals surface area contributed by atoms with Crippen molar-refractivity contribution in [3.05, 3.63) is 29.8 Å².